The molecule has 1 saturated heterocycles. The van der Waals surface area contributed by atoms with E-state index in [1.54, 1.807) is 6.07 Å². The molecule has 168 valence electrons. The molecule has 0 aliphatic carbocycles. The van der Waals surface area contributed by atoms with Crippen molar-refractivity contribution < 1.29 is 22.4 Å². The number of hydrogen-bond acceptors (Lipinski definition) is 6. The smallest absolute Gasteiger partial charge is 0.338 e. The number of ether oxygens (including phenoxy) is 1. The molecule has 0 unspecified atom stereocenters. The average molecular weight is 456 g/mol. The Balaban J connectivity index is 1.47. The first kappa shape index (κ1) is 22.2. The molecule has 2 aromatic carbocycles. The highest BCUT2D eigenvalue weighted by Crippen LogP contribution is 2.24. The summed E-state index contributed by atoms with van der Waals surface area (Å²) in [5.74, 6) is -0.0787. The van der Waals surface area contributed by atoms with Crippen molar-refractivity contribution in [2.75, 3.05) is 13.1 Å². The van der Waals surface area contributed by atoms with Gasteiger partial charge in [0.25, 0.3) is 0 Å². The maximum atomic E-state index is 12.8. The van der Waals surface area contributed by atoms with E-state index in [2.05, 4.69) is 6.92 Å². The van der Waals surface area contributed by atoms with E-state index in [-0.39, 0.29) is 17.1 Å². The molecule has 0 N–H and O–H groups in total. The Labute approximate surface area is 186 Å². The quantitative estimate of drug-likeness (QED) is 0.428. The molecule has 0 radical (unpaired) electrons. The zero-order valence-electron chi connectivity index (χ0n) is 18.0. The monoisotopic (exact) mass is 455 g/mol. The number of esters is 1. The van der Waals surface area contributed by atoms with Crippen molar-refractivity contribution >= 4 is 27.0 Å². The predicted octanol–water partition coefficient (Wildman–Crippen LogP) is 3.88. The fourth-order valence-corrected chi connectivity index (χ4v) is 5.29. The second-order valence-corrected chi connectivity index (χ2v) is 10.2. The third-order valence-electron chi connectivity index (χ3n) is 5.81. The number of nitrogens with zero attached hydrogens (tertiary/aromatic N) is 1. The lowest BCUT2D eigenvalue weighted by Gasteiger charge is -2.29. The number of carbonyl (C=O) groups is 1. The van der Waals surface area contributed by atoms with Gasteiger partial charge < -0.3 is 9.15 Å². The van der Waals surface area contributed by atoms with Crippen molar-refractivity contribution in [2.45, 2.75) is 38.2 Å². The van der Waals surface area contributed by atoms with Crippen LogP contribution in [0.15, 0.2) is 62.6 Å². The molecule has 0 saturated carbocycles. The third-order valence-corrected chi connectivity index (χ3v) is 7.73. The van der Waals surface area contributed by atoms with Gasteiger partial charge in [-0.25, -0.2) is 18.0 Å². The number of piperidine rings is 1. The van der Waals surface area contributed by atoms with Gasteiger partial charge in [-0.3, -0.25) is 0 Å². The van der Waals surface area contributed by atoms with Gasteiger partial charge in [-0.2, -0.15) is 4.31 Å². The Morgan fingerprint density at radius 3 is 2.47 bits per heavy atom. The molecule has 8 heteroatoms. The van der Waals surface area contributed by atoms with Gasteiger partial charge in [-0.1, -0.05) is 19.1 Å². The molecular formula is C24H25NO6S. The highest BCUT2D eigenvalue weighted by molar-refractivity contribution is 7.89. The van der Waals surface area contributed by atoms with Crippen LogP contribution >= 0.6 is 0 Å². The Morgan fingerprint density at radius 2 is 1.78 bits per heavy atom. The lowest BCUT2D eigenvalue weighted by Crippen LogP contribution is -2.37. The van der Waals surface area contributed by atoms with E-state index in [0.717, 1.165) is 18.4 Å². The second-order valence-electron chi connectivity index (χ2n) is 8.28. The summed E-state index contributed by atoms with van der Waals surface area (Å²) in [5, 5.41) is 0.695. The molecule has 4 rings (SSSR count). The SMILES string of the molecule is Cc1ccc2c(COC(=O)c3ccc(S(=O)(=O)N4CCC(C)CC4)cc3)cc(=O)oc2c1. The first-order valence-electron chi connectivity index (χ1n) is 10.5. The van der Waals surface area contributed by atoms with E-state index in [9.17, 15) is 18.0 Å². The van der Waals surface area contributed by atoms with Gasteiger partial charge in [0.05, 0.1) is 10.5 Å². The first-order valence-corrected chi connectivity index (χ1v) is 12.0. The fraction of sp³-hybridized carbons (Fsp3) is 0.333. The van der Waals surface area contributed by atoms with Crippen molar-refractivity contribution in [3.63, 3.8) is 0 Å². The maximum Gasteiger partial charge on any atom is 0.338 e. The Bertz CT molecular complexity index is 1300. The molecule has 1 aliphatic rings. The lowest BCUT2D eigenvalue weighted by molar-refractivity contribution is 0.0473. The largest absolute Gasteiger partial charge is 0.457 e. The maximum absolute atomic E-state index is 12.8. The van der Waals surface area contributed by atoms with Crippen LogP contribution in [0.5, 0.6) is 0 Å². The highest BCUT2D eigenvalue weighted by Gasteiger charge is 2.28. The summed E-state index contributed by atoms with van der Waals surface area (Å²) in [6, 6.07) is 12.5. The van der Waals surface area contributed by atoms with Crippen LogP contribution in [-0.2, 0) is 21.4 Å². The summed E-state index contributed by atoms with van der Waals surface area (Å²) < 4.78 is 37.8. The van der Waals surface area contributed by atoms with E-state index in [1.807, 2.05) is 19.1 Å². The molecule has 0 bridgehead atoms. The van der Waals surface area contributed by atoms with Crippen LogP contribution in [0.1, 0.15) is 41.3 Å². The lowest BCUT2D eigenvalue weighted by atomic mass is 10.0. The normalized spacial score (nSPS) is 15.7. The number of hydrogen-bond donors (Lipinski definition) is 0. The zero-order chi connectivity index (χ0) is 22.9. The van der Waals surface area contributed by atoms with E-state index in [4.69, 9.17) is 9.15 Å². The predicted molar refractivity (Wildman–Crippen MR) is 120 cm³/mol. The summed E-state index contributed by atoms with van der Waals surface area (Å²) in [5.41, 5.74) is 1.65. The van der Waals surface area contributed by atoms with Crippen LogP contribution in [0.3, 0.4) is 0 Å². The summed E-state index contributed by atoms with van der Waals surface area (Å²) in [6.07, 6.45) is 1.69. The standard InChI is InChI=1S/C24H25NO6S/c1-16-9-11-25(12-10-16)32(28,29)20-6-4-18(5-7-20)24(27)30-15-19-14-23(26)31-22-13-17(2)3-8-21(19)22/h3-8,13-14,16H,9-12,15H2,1-2H3. The number of rotatable bonds is 5. The van der Waals surface area contributed by atoms with Gasteiger partial charge >= 0.3 is 11.6 Å². The highest BCUT2D eigenvalue weighted by atomic mass is 32.2. The minimum absolute atomic E-state index is 0.101. The number of carbonyl (C=O) groups excluding carboxylic acids is 1. The van der Waals surface area contributed by atoms with Crippen LogP contribution in [0.2, 0.25) is 0 Å². The molecule has 7 nitrogen and oxygen atoms in total. The number of fused-ring (bicyclic) bond motifs is 1. The van der Waals surface area contributed by atoms with E-state index in [0.29, 0.717) is 35.5 Å². The Kier molecular flexibility index (Phi) is 6.17. The molecule has 0 amide bonds. The molecule has 1 fully saturated rings. The molecular weight excluding hydrogens is 430 g/mol. The van der Waals surface area contributed by atoms with Crippen LogP contribution in [0.25, 0.3) is 11.0 Å². The summed E-state index contributed by atoms with van der Waals surface area (Å²) in [6.45, 7) is 4.92. The van der Waals surface area contributed by atoms with Gasteiger partial charge in [-0.15, -0.1) is 0 Å². The zero-order valence-corrected chi connectivity index (χ0v) is 18.9. The van der Waals surface area contributed by atoms with Crippen molar-refractivity contribution in [1.82, 2.24) is 4.31 Å². The van der Waals surface area contributed by atoms with E-state index < -0.39 is 21.6 Å². The van der Waals surface area contributed by atoms with Crippen molar-refractivity contribution in [3.8, 4) is 0 Å². The summed E-state index contributed by atoms with van der Waals surface area (Å²) in [4.78, 5) is 24.5. The minimum Gasteiger partial charge on any atom is -0.457 e. The number of aryl methyl sites for hydroxylation is 1. The number of sulfonamides is 1. The van der Waals surface area contributed by atoms with Crippen molar-refractivity contribution in [2.24, 2.45) is 5.92 Å². The van der Waals surface area contributed by atoms with Gasteiger partial charge in [0.15, 0.2) is 0 Å². The summed E-state index contributed by atoms with van der Waals surface area (Å²) in [7, 11) is -3.58. The van der Waals surface area contributed by atoms with E-state index >= 15 is 0 Å². The van der Waals surface area contributed by atoms with Crippen LogP contribution in [0.4, 0.5) is 0 Å². The van der Waals surface area contributed by atoms with Crippen molar-refractivity contribution in [3.05, 3.63) is 75.6 Å². The van der Waals surface area contributed by atoms with Gasteiger partial charge in [-0.05, 0) is 61.6 Å². The topological polar surface area (TPSA) is 93.9 Å². The summed E-state index contributed by atoms with van der Waals surface area (Å²) >= 11 is 0. The minimum atomic E-state index is -3.58. The van der Waals surface area contributed by atoms with Gasteiger partial charge in [0.1, 0.15) is 12.2 Å². The molecule has 0 atom stereocenters. The van der Waals surface area contributed by atoms with Crippen LogP contribution < -0.4 is 5.63 Å². The second kappa shape index (κ2) is 8.88. The van der Waals surface area contributed by atoms with E-state index in [1.165, 1.54) is 34.6 Å². The first-order chi connectivity index (χ1) is 15.2. The molecule has 2 heterocycles. The number of benzene rings is 2. The van der Waals surface area contributed by atoms with Crippen LogP contribution in [-0.4, -0.2) is 31.8 Å². The molecule has 32 heavy (non-hydrogen) atoms. The fourth-order valence-electron chi connectivity index (χ4n) is 3.82. The molecule has 3 aromatic rings. The van der Waals surface area contributed by atoms with Gasteiger partial charge in [0.2, 0.25) is 10.0 Å². The molecule has 0 spiro atoms. The molecule has 1 aliphatic heterocycles. The molecule has 1 aromatic heterocycles. The Hall–Kier alpha value is -2.97. The van der Waals surface area contributed by atoms with Crippen molar-refractivity contribution in [1.29, 1.82) is 0 Å². The Morgan fingerprint density at radius 1 is 1.09 bits per heavy atom. The van der Waals surface area contributed by atoms with Gasteiger partial charge in [0, 0.05) is 30.1 Å². The van der Waals surface area contributed by atoms with Crippen LogP contribution in [0, 0.1) is 12.8 Å². The third kappa shape index (κ3) is 4.61. The average Bonchev–Trinajstić information content (AvgIpc) is 2.77.